The number of hydrogen-bond donors (Lipinski definition) is 1. The minimum Gasteiger partial charge on any atom is -0.394 e. The molecule has 0 fully saturated rings. The number of hydrogen-bond acceptors (Lipinski definition) is 6. The molecule has 0 saturated carbocycles. The Labute approximate surface area is 153 Å². The van der Waals surface area contributed by atoms with E-state index in [0.29, 0.717) is 30.1 Å². The Bertz CT molecular complexity index is 1230. The third-order valence-corrected chi connectivity index (χ3v) is 4.40. The number of nitrogens with zero attached hydrogens (tertiary/aromatic N) is 8. The fourth-order valence-corrected chi connectivity index (χ4v) is 3.07. The van der Waals surface area contributed by atoms with E-state index in [1.807, 2.05) is 18.5 Å². The first kappa shape index (κ1) is 15.6. The molecule has 9 heteroatoms. The van der Waals surface area contributed by atoms with Crippen LogP contribution in [0.25, 0.3) is 28.1 Å². The van der Waals surface area contributed by atoms with E-state index in [0.717, 1.165) is 16.6 Å². The summed E-state index contributed by atoms with van der Waals surface area (Å²) in [5, 5.41) is 21.6. The lowest BCUT2D eigenvalue weighted by Crippen LogP contribution is -2.04. The normalized spacial score (nSPS) is 11.6. The van der Waals surface area contributed by atoms with Crippen molar-refractivity contribution in [3.8, 4) is 11.3 Å². The predicted octanol–water partition coefficient (Wildman–Crippen LogP) is 1.38. The minimum absolute atomic E-state index is 0.0360. The molecular formula is C18H16N8O. The molecule has 134 valence electrons. The van der Waals surface area contributed by atoms with E-state index in [9.17, 15) is 0 Å². The highest BCUT2D eigenvalue weighted by Gasteiger charge is 2.12. The van der Waals surface area contributed by atoms with E-state index < -0.39 is 0 Å². The van der Waals surface area contributed by atoms with Crippen molar-refractivity contribution in [2.24, 2.45) is 0 Å². The molecule has 5 aromatic rings. The zero-order chi connectivity index (χ0) is 18.2. The van der Waals surface area contributed by atoms with Gasteiger partial charge in [-0.2, -0.15) is 5.10 Å². The Hall–Kier alpha value is -3.59. The van der Waals surface area contributed by atoms with Gasteiger partial charge in [-0.3, -0.25) is 4.68 Å². The van der Waals surface area contributed by atoms with Crippen molar-refractivity contribution >= 4 is 16.8 Å². The summed E-state index contributed by atoms with van der Waals surface area (Å²) in [6.07, 6.45) is 9.28. The van der Waals surface area contributed by atoms with Crippen LogP contribution in [0.2, 0.25) is 0 Å². The van der Waals surface area contributed by atoms with Crippen LogP contribution in [0.3, 0.4) is 0 Å². The lowest BCUT2D eigenvalue weighted by molar-refractivity contribution is 0.269. The maximum Gasteiger partial charge on any atom is 0.221 e. The van der Waals surface area contributed by atoms with E-state index >= 15 is 0 Å². The van der Waals surface area contributed by atoms with Gasteiger partial charge in [0, 0.05) is 29.7 Å². The summed E-state index contributed by atoms with van der Waals surface area (Å²) < 4.78 is 5.48. The summed E-state index contributed by atoms with van der Waals surface area (Å²) in [6.45, 7) is 1.03. The first-order valence-electron chi connectivity index (χ1n) is 8.56. The fraction of sp³-hybridized carbons (Fsp3) is 0.167. The number of aliphatic hydroxyl groups is 1. The molecule has 27 heavy (non-hydrogen) atoms. The molecule has 5 heterocycles. The van der Waals surface area contributed by atoms with Crippen LogP contribution in [0.15, 0.2) is 55.2 Å². The number of pyridine rings is 1. The first-order chi connectivity index (χ1) is 13.3. The molecule has 0 unspecified atom stereocenters. The number of fused-ring (bicyclic) bond motifs is 2. The third-order valence-electron chi connectivity index (χ3n) is 4.40. The molecule has 0 spiro atoms. The molecule has 0 radical (unpaired) electrons. The summed E-state index contributed by atoms with van der Waals surface area (Å²) in [5.74, 6) is 0. The quantitative estimate of drug-likeness (QED) is 0.508. The number of aromatic nitrogens is 8. The summed E-state index contributed by atoms with van der Waals surface area (Å²) >= 11 is 0. The topological polar surface area (TPSA) is 98.9 Å². The molecule has 9 nitrogen and oxygen atoms in total. The van der Waals surface area contributed by atoms with Crippen LogP contribution >= 0.6 is 0 Å². The molecule has 5 aromatic heterocycles. The van der Waals surface area contributed by atoms with Gasteiger partial charge in [0.25, 0.3) is 0 Å². The van der Waals surface area contributed by atoms with Gasteiger partial charge in [-0.15, -0.1) is 5.10 Å². The molecule has 0 amide bonds. The Morgan fingerprint density at radius 1 is 1.07 bits per heavy atom. The highest BCUT2D eigenvalue weighted by atomic mass is 16.3. The number of rotatable bonds is 5. The van der Waals surface area contributed by atoms with Gasteiger partial charge in [0.05, 0.1) is 37.8 Å². The SMILES string of the molecule is OCCn1cc(-c2cnc3nnn(Cc4ccc5cccn5c4)c3n2)cn1. The van der Waals surface area contributed by atoms with Crippen molar-refractivity contribution in [3.63, 3.8) is 0 Å². The highest BCUT2D eigenvalue weighted by Crippen LogP contribution is 2.18. The summed E-state index contributed by atoms with van der Waals surface area (Å²) in [5.41, 5.74) is 4.88. The molecule has 0 aromatic carbocycles. The Morgan fingerprint density at radius 2 is 2.04 bits per heavy atom. The zero-order valence-corrected chi connectivity index (χ0v) is 14.3. The van der Waals surface area contributed by atoms with Crippen molar-refractivity contribution in [2.45, 2.75) is 13.1 Å². The largest absolute Gasteiger partial charge is 0.394 e. The van der Waals surface area contributed by atoms with Crippen LogP contribution in [-0.4, -0.2) is 50.9 Å². The van der Waals surface area contributed by atoms with Crippen LogP contribution in [0, 0.1) is 0 Å². The van der Waals surface area contributed by atoms with Gasteiger partial charge in [0.2, 0.25) is 5.65 Å². The maximum absolute atomic E-state index is 9.03. The van der Waals surface area contributed by atoms with Gasteiger partial charge < -0.3 is 9.51 Å². The van der Waals surface area contributed by atoms with E-state index in [4.69, 9.17) is 5.11 Å². The smallest absolute Gasteiger partial charge is 0.221 e. The molecule has 0 saturated heterocycles. The molecule has 5 rings (SSSR count). The Morgan fingerprint density at radius 3 is 2.96 bits per heavy atom. The van der Waals surface area contributed by atoms with E-state index in [-0.39, 0.29) is 6.61 Å². The molecule has 0 aliphatic rings. The van der Waals surface area contributed by atoms with Crippen LogP contribution in [-0.2, 0) is 13.1 Å². The standard InChI is InChI=1S/C18H16N8O/c27-7-6-25-12-14(8-20-25)16-9-19-17-18(21-16)26(23-22-17)11-13-3-4-15-2-1-5-24(15)10-13/h1-5,8-10,12,27H,6-7,11H2. The number of aliphatic hydroxyl groups excluding tert-OH is 1. The second kappa shape index (κ2) is 6.29. The summed E-state index contributed by atoms with van der Waals surface area (Å²) in [6, 6.07) is 8.21. The van der Waals surface area contributed by atoms with Crippen molar-refractivity contribution in [3.05, 3.63) is 60.8 Å². The van der Waals surface area contributed by atoms with Crippen LogP contribution in [0.4, 0.5) is 0 Å². The molecule has 0 aliphatic carbocycles. The summed E-state index contributed by atoms with van der Waals surface area (Å²) in [7, 11) is 0. The average Bonchev–Trinajstić information content (AvgIpc) is 3.41. The highest BCUT2D eigenvalue weighted by molar-refractivity contribution is 5.69. The van der Waals surface area contributed by atoms with Gasteiger partial charge in [-0.05, 0) is 23.8 Å². The molecule has 1 N–H and O–H groups in total. The molecule has 0 aliphatic heterocycles. The Balaban J connectivity index is 1.50. The second-order valence-electron chi connectivity index (χ2n) is 6.24. The van der Waals surface area contributed by atoms with E-state index in [2.05, 4.69) is 54.2 Å². The molecular weight excluding hydrogens is 344 g/mol. The van der Waals surface area contributed by atoms with Gasteiger partial charge in [-0.25, -0.2) is 14.6 Å². The maximum atomic E-state index is 9.03. The van der Waals surface area contributed by atoms with Crippen molar-refractivity contribution < 1.29 is 5.11 Å². The first-order valence-corrected chi connectivity index (χ1v) is 8.56. The van der Waals surface area contributed by atoms with Gasteiger partial charge in [-0.1, -0.05) is 11.3 Å². The average molecular weight is 360 g/mol. The van der Waals surface area contributed by atoms with Crippen LogP contribution in [0.5, 0.6) is 0 Å². The van der Waals surface area contributed by atoms with E-state index in [1.54, 1.807) is 21.8 Å². The van der Waals surface area contributed by atoms with Crippen molar-refractivity contribution in [1.29, 1.82) is 0 Å². The predicted molar refractivity (Wildman–Crippen MR) is 97.9 cm³/mol. The molecule has 0 bridgehead atoms. The van der Waals surface area contributed by atoms with Crippen molar-refractivity contribution in [1.82, 2.24) is 39.1 Å². The van der Waals surface area contributed by atoms with Crippen LogP contribution in [0.1, 0.15) is 5.56 Å². The van der Waals surface area contributed by atoms with Gasteiger partial charge >= 0.3 is 0 Å². The van der Waals surface area contributed by atoms with Gasteiger partial charge in [0.1, 0.15) is 0 Å². The lowest BCUT2D eigenvalue weighted by atomic mass is 10.2. The zero-order valence-electron chi connectivity index (χ0n) is 14.3. The summed E-state index contributed by atoms with van der Waals surface area (Å²) in [4.78, 5) is 9.05. The fourth-order valence-electron chi connectivity index (χ4n) is 3.07. The van der Waals surface area contributed by atoms with E-state index in [1.165, 1.54) is 0 Å². The molecule has 0 atom stereocenters. The minimum atomic E-state index is 0.0360. The monoisotopic (exact) mass is 360 g/mol. The third kappa shape index (κ3) is 2.83. The van der Waals surface area contributed by atoms with Gasteiger partial charge in [0.15, 0.2) is 5.65 Å². The second-order valence-corrected chi connectivity index (χ2v) is 6.24. The lowest BCUT2D eigenvalue weighted by Gasteiger charge is -2.04. The Kier molecular flexibility index (Phi) is 3.65. The van der Waals surface area contributed by atoms with Crippen LogP contribution < -0.4 is 0 Å². The van der Waals surface area contributed by atoms with Crippen molar-refractivity contribution in [2.75, 3.05) is 6.61 Å².